The van der Waals surface area contributed by atoms with Crippen molar-refractivity contribution in [1.29, 1.82) is 0 Å². The molecule has 0 atom stereocenters. The predicted octanol–water partition coefficient (Wildman–Crippen LogP) is 1.75. The molecule has 0 unspecified atom stereocenters. The van der Waals surface area contributed by atoms with Crippen LogP contribution in [0.15, 0.2) is 60.7 Å². The van der Waals surface area contributed by atoms with E-state index in [2.05, 4.69) is 29.6 Å². The van der Waals surface area contributed by atoms with E-state index >= 15 is 0 Å². The molecule has 2 aromatic carbocycles. The molecule has 1 saturated heterocycles. The van der Waals surface area contributed by atoms with Gasteiger partial charge in [0.15, 0.2) is 5.11 Å². The number of hydrogen-bond acceptors (Lipinski definition) is 2. The first-order chi connectivity index (χ1) is 13.1. The van der Waals surface area contributed by atoms with Crippen molar-refractivity contribution in [3.8, 4) is 0 Å². The number of halogens is 1. The number of piperazine rings is 1. The van der Waals surface area contributed by atoms with E-state index in [0.29, 0.717) is 10.7 Å². The van der Waals surface area contributed by atoms with E-state index in [9.17, 15) is 9.18 Å². The fourth-order valence-electron chi connectivity index (χ4n) is 3.01. The number of rotatable bonds is 4. The number of nitrogens with one attached hydrogen (secondary N) is 2. The van der Waals surface area contributed by atoms with Crippen molar-refractivity contribution in [3.05, 3.63) is 77.6 Å². The Morgan fingerprint density at radius 3 is 2.44 bits per heavy atom. The minimum absolute atomic E-state index is 0.305. The van der Waals surface area contributed by atoms with Gasteiger partial charge in [-0.1, -0.05) is 36.4 Å². The van der Waals surface area contributed by atoms with Gasteiger partial charge < -0.3 is 9.80 Å². The molecule has 0 aliphatic carbocycles. The summed E-state index contributed by atoms with van der Waals surface area (Å²) in [4.78, 5) is 15.7. The maximum atomic E-state index is 13.0. The van der Waals surface area contributed by atoms with Crippen molar-refractivity contribution in [2.45, 2.75) is 0 Å². The van der Waals surface area contributed by atoms with Crippen molar-refractivity contribution in [1.82, 2.24) is 10.2 Å². The molecule has 0 saturated carbocycles. The average Bonchev–Trinajstić information content (AvgIpc) is 2.70. The van der Waals surface area contributed by atoms with Gasteiger partial charge in [0.05, 0.1) is 32.7 Å². The number of hydrogen-bond donors (Lipinski definition) is 2. The Morgan fingerprint density at radius 1 is 1.11 bits per heavy atom. The van der Waals surface area contributed by atoms with E-state index in [1.165, 1.54) is 34.7 Å². The molecule has 3 rings (SSSR count). The highest BCUT2D eigenvalue weighted by Crippen LogP contribution is 2.03. The smallest absolute Gasteiger partial charge is 0.257 e. The first-order valence-corrected chi connectivity index (χ1v) is 9.43. The number of amides is 1. The van der Waals surface area contributed by atoms with E-state index < -0.39 is 0 Å². The second-order valence-corrected chi connectivity index (χ2v) is 6.91. The van der Waals surface area contributed by atoms with Crippen LogP contribution in [-0.2, 0) is 0 Å². The van der Waals surface area contributed by atoms with Crippen molar-refractivity contribution in [2.24, 2.45) is 0 Å². The first kappa shape index (κ1) is 19.2. The maximum Gasteiger partial charge on any atom is 0.257 e. The summed E-state index contributed by atoms with van der Waals surface area (Å²) in [6.45, 7) is 4.50. The Bertz CT molecular complexity index is 800. The quantitative estimate of drug-likeness (QED) is 0.789. The van der Waals surface area contributed by atoms with Crippen molar-refractivity contribution < 1.29 is 14.1 Å². The molecule has 27 heavy (non-hydrogen) atoms. The van der Waals surface area contributed by atoms with Gasteiger partial charge in [0, 0.05) is 5.56 Å². The highest BCUT2D eigenvalue weighted by atomic mass is 32.1. The van der Waals surface area contributed by atoms with E-state index in [1.54, 1.807) is 0 Å². The third kappa shape index (κ3) is 5.70. The van der Waals surface area contributed by atoms with Crippen LogP contribution in [0, 0.1) is 5.82 Å². The Balaban J connectivity index is 1.43. The second kappa shape index (κ2) is 9.39. The Hall–Kier alpha value is -2.57. The summed E-state index contributed by atoms with van der Waals surface area (Å²) < 4.78 is 13.0. The third-order valence-corrected chi connectivity index (χ3v) is 4.96. The van der Waals surface area contributed by atoms with Gasteiger partial charge in [0.25, 0.3) is 5.91 Å². The lowest BCUT2D eigenvalue weighted by molar-refractivity contribution is -0.897. The van der Waals surface area contributed by atoms with Crippen molar-refractivity contribution >= 4 is 29.3 Å². The molecular formula is C21H23FN3OS+. The molecule has 2 N–H and O–H groups in total. The summed E-state index contributed by atoms with van der Waals surface area (Å²) in [5, 5.41) is 3.17. The van der Waals surface area contributed by atoms with Gasteiger partial charge in [-0.3, -0.25) is 10.1 Å². The van der Waals surface area contributed by atoms with Gasteiger partial charge in [0.2, 0.25) is 0 Å². The van der Waals surface area contributed by atoms with Gasteiger partial charge in [-0.15, -0.1) is 0 Å². The third-order valence-electron chi connectivity index (χ3n) is 4.60. The van der Waals surface area contributed by atoms with Gasteiger partial charge in [-0.05, 0) is 48.1 Å². The number of benzene rings is 2. The van der Waals surface area contributed by atoms with Crippen LogP contribution in [-0.4, -0.2) is 48.6 Å². The Kier molecular flexibility index (Phi) is 6.68. The van der Waals surface area contributed by atoms with E-state index in [1.807, 2.05) is 23.1 Å². The first-order valence-electron chi connectivity index (χ1n) is 9.03. The van der Waals surface area contributed by atoms with E-state index in [4.69, 9.17) is 12.2 Å². The van der Waals surface area contributed by atoms with Gasteiger partial charge in [0.1, 0.15) is 5.82 Å². The van der Waals surface area contributed by atoms with Gasteiger partial charge in [-0.25, -0.2) is 4.39 Å². The number of quaternary nitrogens is 1. The molecule has 0 aromatic heterocycles. The van der Waals surface area contributed by atoms with Crippen LogP contribution in [0.4, 0.5) is 4.39 Å². The van der Waals surface area contributed by atoms with Gasteiger partial charge in [-0.2, -0.15) is 0 Å². The molecule has 1 aliphatic heterocycles. The number of carbonyl (C=O) groups excluding carboxylic acids is 1. The van der Waals surface area contributed by atoms with E-state index in [0.717, 1.165) is 32.7 Å². The van der Waals surface area contributed by atoms with Crippen LogP contribution in [0.2, 0.25) is 0 Å². The van der Waals surface area contributed by atoms with Crippen LogP contribution in [0.25, 0.3) is 6.08 Å². The minimum atomic E-state index is -0.366. The number of nitrogens with zero attached hydrogens (tertiary/aromatic N) is 1. The molecule has 0 radical (unpaired) electrons. The summed E-state index contributed by atoms with van der Waals surface area (Å²) in [5.41, 5.74) is 1.61. The molecule has 1 amide bonds. The molecule has 4 nitrogen and oxygen atoms in total. The summed E-state index contributed by atoms with van der Waals surface area (Å²) in [6.07, 6.45) is 4.35. The molecule has 1 aliphatic rings. The topological polar surface area (TPSA) is 36.8 Å². The molecule has 0 bridgehead atoms. The standard InChI is InChI=1S/C21H22FN3OS/c22-19-10-8-18(9-11-19)20(26)23-21(27)25-15-13-24(14-16-25)12-4-7-17-5-2-1-3-6-17/h1-11H,12-16H2,(H,23,26,27)/p+1/b7-4+. The molecular weight excluding hydrogens is 361 g/mol. The number of carbonyl (C=O) groups is 1. The van der Waals surface area contributed by atoms with E-state index in [-0.39, 0.29) is 11.7 Å². The zero-order chi connectivity index (χ0) is 19.1. The molecule has 1 heterocycles. The van der Waals surface area contributed by atoms with Crippen LogP contribution in [0.5, 0.6) is 0 Å². The fourth-order valence-corrected chi connectivity index (χ4v) is 3.28. The lowest BCUT2D eigenvalue weighted by Gasteiger charge is -2.33. The maximum absolute atomic E-state index is 13.0. The Morgan fingerprint density at radius 2 is 1.78 bits per heavy atom. The van der Waals surface area contributed by atoms with Crippen molar-refractivity contribution in [2.75, 3.05) is 32.7 Å². The lowest BCUT2D eigenvalue weighted by Crippen LogP contribution is -3.14. The fraction of sp³-hybridized carbons (Fsp3) is 0.238. The summed E-state index contributed by atoms with van der Waals surface area (Å²) in [7, 11) is 0. The van der Waals surface area contributed by atoms with Crippen molar-refractivity contribution in [3.63, 3.8) is 0 Å². The largest absolute Gasteiger partial charge is 0.338 e. The normalized spacial score (nSPS) is 15.1. The van der Waals surface area contributed by atoms with Crippen LogP contribution in [0.1, 0.15) is 15.9 Å². The lowest BCUT2D eigenvalue weighted by atomic mass is 10.2. The minimum Gasteiger partial charge on any atom is -0.338 e. The summed E-state index contributed by atoms with van der Waals surface area (Å²) >= 11 is 5.36. The zero-order valence-corrected chi connectivity index (χ0v) is 15.8. The molecule has 1 fully saturated rings. The monoisotopic (exact) mass is 384 g/mol. The molecule has 140 valence electrons. The number of thiocarbonyl (C=S) groups is 1. The second-order valence-electron chi connectivity index (χ2n) is 6.52. The predicted molar refractivity (Wildman–Crippen MR) is 109 cm³/mol. The van der Waals surface area contributed by atoms with Crippen LogP contribution < -0.4 is 10.2 Å². The summed E-state index contributed by atoms with van der Waals surface area (Å²) in [6, 6.07) is 15.7. The molecule has 6 heteroatoms. The molecule has 0 spiro atoms. The highest BCUT2D eigenvalue weighted by Gasteiger charge is 2.22. The Labute approximate surface area is 164 Å². The SMILES string of the molecule is O=C(NC(=S)N1CC[NH+](C/C=C/c2ccccc2)CC1)c1ccc(F)cc1. The van der Waals surface area contributed by atoms with Crippen LogP contribution >= 0.6 is 12.2 Å². The summed E-state index contributed by atoms with van der Waals surface area (Å²) in [5.74, 6) is -0.671. The average molecular weight is 385 g/mol. The van der Waals surface area contributed by atoms with Crippen LogP contribution in [0.3, 0.4) is 0 Å². The zero-order valence-electron chi connectivity index (χ0n) is 15.0. The molecule has 2 aromatic rings. The van der Waals surface area contributed by atoms with Gasteiger partial charge >= 0.3 is 0 Å². The highest BCUT2D eigenvalue weighted by molar-refractivity contribution is 7.80.